The van der Waals surface area contributed by atoms with Crippen LogP contribution in [-0.4, -0.2) is 26.6 Å². The number of ether oxygens (including phenoxy) is 3. The highest BCUT2D eigenvalue weighted by Crippen LogP contribution is 2.37. The summed E-state index contributed by atoms with van der Waals surface area (Å²) in [4.78, 5) is 12.8. The van der Waals surface area contributed by atoms with Gasteiger partial charge in [0.1, 0.15) is 11.6 Å². The van der Waals surface area contributed by atoms with Crippen LogP contribution in [0.2, 0.25) is 5.02 Å². The van der Waals surface area contributed by atoms with Crippen molar-refractivity contribution in [1.29, 1.82) is 0 Å². The highest BCUT2D eigenvalue weighted by atomic mass is 35.5. The molecular formula is C19H16ClFO4. The van der Waals surface area contributed by atoms with Gasteiger partial charge < -0.3 is 14.2 Å². The van der Waals surface area contributed by atoms with E-state index in [1.165, 1.54) is 32.4 Å². The molecule has 0 aromatic heterocycles. The molecule has 0 bridgehead atoms. The van der Waals surface area contributed by atoms with Crippen LogP contribution in [-0.2, 0) is 0 Å². The highest BCUT2D eigenvalue weighted by molar-refractivity contribution is 6.32. The number of carbonyl (C=O) groups excluding carboxylic acids is 1. The van der Waals surface area contributed by atoms with Gasteiger partial charge in [-0.25, -0.2) is 4.39 Å². The third kappa shape index (κ3) is 3.46. The van der Waals surface area contributed by atoms with E-state index in [2.05, 4.69) is 0 Å². The van der Waals surface area contributed by atoms with E-state index in [0.29, 0.717) is 46.4 Å². The molecule has 0 amide bonds. The Hall–Kier alpha value is -2.53. The fourth-order valence-electron chi connectivity index (χ4n) is 2.72. The van der Waals surface area contributed by atoms with Crippen molar-refractivity contribution in [2.75, 3.05) is 20.8 Å². The molecule has 0 unspecified atom stereocenters. The number of methoxy groups -OCH3 is 2. The Kier molecular flexibility index (Phi) is 4.95. The smallest absolute Gasteiger partial charge is 0.192 e. The first-order chi connectivity index (χ1) is 12.0. The minimum Gasteiger partial charge on any atom is -0.493 e. The van der Waals surface area contributed by atoms with Gasteiger partial charge in [-0.2, -0.15) is 0 Å². The van der Waals surface area contributed by atoms with Crippen LogP contribution in [0.3, 0.4) is 0 Å². The summed E-state index contributed by atoms with van der Waals surface area (Å²) in [5.74, 6) is 0.532. The predicted octanol–water partition coefficient (Wildman–Crippen LogP) is 4.55. The normalized spacial score (nSPS) is 15.4. The van der Waals surface area contributed by atoms with Crippen LogP contribution in [0.1, 0.15) is 22.3 Å². The molecule has 0 fully saturated rings. The largest absolute Gasteiger partial charge is 0.493 e. The minimum absolute atomic E-state index is 0.218. The van der Waals surface area contributed by atoms with Crippen molar-refractivity contribution in [2.45, 2.75) is 6.42 Å². The molecule has 2 aromatic carbocycles. The molecular weight excluding hydrogens is 347 g/mol. The second kappa shape index (κ2) is 7.15. The molecule has 6 heteroatoms. The standard InChI is InChI=1S/C19H16ClFO4/c1-23-17-9-11(8-15(20)19(17)24-2)7-12-5-6-25-16-4-3-13(21)10-14(16)18(12)22/h3-4,7-10H,5-6H2,1-2H3/b12-7+. The Morgan fingerprint density at radius 2 is 2.00 bits per heavy atom. The first kappa shape index (κ1) is 17.3. The monoisotopic (exact) mass is 362 g/mol. The van der Waals surface area contributed by atoms with Crippen LogP contribution in [0, 0.1) is 5.82 Å². The van der Waals surface area contributed by atoms with Crippen molar-refractivity contribution < 1.29 is 23.4 Å². The summed E-state index contributed by atoms with van der Waals surface area (Å²) in [7, 11) is 3.01. The van der Waals surface area contributed by atoms with E-state index in [9.17, 15) is 9.18 Å². The maximum Gasteiger partial charge on any atom is 0.192 e. The van der Waals surface area contributed by atoms with E-state index < -0.39 is 5.82 Å². The molecule has 130 valence electrons. The van der Waals surface area contributed by atoms with Crippen LogP contribution >= 0.6 is 11.6 Å². The maximum atomic E-state index is 13.5. The van der Waals surface area contributed by atoms with Gasteiger partial charge >= 0.3 is 0 Å². The molecule has 0 spiro atoms. The van der Waals surface area contributed by atoms with Crippen molar-refractivity contribution in [2.24, 2.45) is 0 Å². The van der Waals surface area contributed by atoms with Gasteiger partial charge in [0.25, 0.3) is 0 Å². The number of benzene rings is 2. The van der Waals surface area contributed by atoms with E-state index in [4.69, 9.17) is 25.8 Å². The average molecular weight is 363 g/mol. The summed E-state index contributed by atoms with van der Waals surface area (Å²) < 4.78 is 29.5. The second-order valence-corrected chi connectivity index (χ2v) is 5.88. The van der Waals surface area contributed by atoms with Gasteiger partial charge in [-0.1, -0.05) is 11.6 Å². The third-order valence-electron chi connectivity index (χ3n) is 3.90. The third-order valence-corrected chi connectivity index (χ3v) is 4.18. The van der Waals surface area contributed by atoms with Gasteiger partial charge in [-0.3, -0.25) is 4.79 Å². The van der Waals surface area contributed by atoms with Crippen LogP contribution in [0.15, 0.2) is 35.9 Å². The molecule has 4 nitrogen and oxygen atoms in total. The number of halogens is 2. The molecule has 0 aliphatic carbocycles. The van der Waals surface area contributed by atoms with Crippen molar-refractivity contribution in [3.05, 3.63) is 57.9 Å². The van der Waals surface area contributed by atoms with E-state index >= 15 is 0 Å². The lowest BCUT2D eigenvalue weighted by atomic mass is 9.99. The fraction of sp³-hybridized carbons (Fsp3) is 0.211. The number of rotatable bonds is 3. The lowest BCUT2D eigenvalue weighted by Gasteiger charge is -2.11. The zero-order valence-corrected chi connectivity index (χ0v) is 14.5. The topological polar surface area (TPSA) is 44.8 Å². The van der Waals surface area contributed by atoms with Gasteiger partial charge in [0, 0.05) is 12.0 Å². The lowest BCUT2D eigenvalue weighted by molar-refractivity contribution is 0.103. The summed E-state index contributed by atoms with van der Waals surface area (Å²) in [6, 6.07) is 7.34. The molecule has 0 saturated carbocycles. The molecule has 1 aliphatic rings. The van der Waals surface area contributed by atoms with Crippen molar-refractivity contribution in [1.82, 2.24) is 0 Å². The molecule has 25 heavy (non-hydrogen) atoms. The number of ketones is 1. The van der Waals surface area contributed by atoms with Gasteiger partial charge in [-0.05, 0) is 42.0 Å². The van der Waals surface area contributed by atoms with Gasteiger partial charge in [0.2, 0.25) is 0 Å². The number of hydrogen-bond donors (Lipinski definition) is 0. The summed E-state index contributed by atoms with van der Waals surface area (Å²) in [5, 5.41) is 0.373. The van der Waals surface area contributed by atoms with Gasteiger partial charge in [0.05, 0.1) is 31.4 Å². The summed E-state index contributed by atoms with van der Waals surface area (Å²) in [6.45, 7) is 0.331. The zero-order valence-electron chi connectivity index (χ0n) is 13.8. The van der Waals surface area contributed by atoms with E-state index in [1.54, 1.807) is 18.2 Å². The zero-order chi connectivity index (χ0) is 18.0. The summed E-state index contributed by atoms with van der Waals surface area (Å²) in [5.41, 5.74) is 1.41. The first-order valence-corrected chi connectivity index (χ1v) is 8.00. The number of carbonyl (C=O) groups is 1. The predicted molar refractivity (Wildman–Crippen MR) is 93.4 cm³/mol. The quantitative estimate of drug-likeness (QED) is 0.752. The Labute approximate surface area is 149 Å². The number of hydrogen-bond acceptors (Lipinski definition) is 4. The van der Waals surface area contributed by atoms with E-state index in [0.717, 1.165) is 0 Å². The minimum atomic E-state index is -0.480. The van der Waals surface area contributed by atoms with Crippen molar-refractivity contribution in [3.8, 4) is 17.2 Å². The molecule has 0 saturated heterocycles. The fourth-order valence-corrected chi connectivity index (χ4v) is 3.02. The average Bonchev–Trinajstić information content (AvgIpc) is 2.74. The second-order valence-electron chi connectivity index (χ2n) is 5.48. The summed E-state index contributed by atoms with van der Waals surface area (Å²) in [6.07, 6.45) is 2.11. The van der Waals surface area contributed by atoms with Crippen LogP contribution < -0.4 is 14.2 Å². The SMILES string of the molecule is COc1cc(/C=C2\CCOc3ccc(F)cc3C2=O)cc(Cl)c1OC. The molecule has 2 aromatic rings. The molecule has 0 N–H and O–H groups in total. The Bertz CT molecular complexity index is 861. The van der Waals surface area contributed by atoms with E-state index in [-0.39, 0.29) is 11.3 Å². The maximum absolute atomic E-state index is 13.5. The number of fused-ring (bicyclic) bond motifs is 1. The van der Waals surface area contributed by atoms with Crippen LogP contribution in [0.25, 0.3) is 6.08 Å². The van der Waals surface area contributed by atoms with Crippen molar-refractivity contribution >= 4 is 23.5 Å². The van der Waals surface area contributed by atoms with E-state index in [1.807, 2.05) is 0 Å². The lowest BCUT2D eigenvalue weighted by Crippen LogP contribution is -2.03. The molecule has 1 heterocycles. The summed E-state index contributed by atoms with van der Waals surface area (Å²) >= 11 is 6.21. The van der Waals surface area contributed by atoms with Gasteiger partial charge in [0.15, 0.2) is 17.3 Å². The van der Waals surface area contributed by atoms with Crippen LogP contribution in [0.5, 0.6) is 17.2 Å². The Morgan fingerprint density at radius 1 is 1.20 bits per heavy atom. The molecule has 0 radical (unpaired) electrons. The highest BCUT2D eigenvalue weighted by Gasteiger charge is 2.22. The number of Topliss-reactive ketones (excluding diaryl/α,β-unsaturated/α-hetero) is 1. The first-order valence-electron chi connectivity index (χ1n) is 7.62. The van der Waals surface area contributed by atoms with Gasteiger partial charge in [-0.15, -0.1) is 0 Å². The molecule has 3 rings (SSSR count). The molecule has 1 aliphatic heterocycles. The Morgan fingerprint density at radius 3 is 2.72 bits per heavy atom. The van der Waals surface area contributed by atoms with Crippen LogP contribution in [0.4, 0.5) is 4.39 Å². The Balaban J connectivity index is 2.04. The van der Waals surface area contributed by atoms with Crippen molar-refractivity contribution in [3.63, 3.8) is 0 Å². The molecule has 0 atom stereocenters.